The third-order valence-corrected chi connectivity index (χ3v) is 4.31. The molecular weight excluding hydrogens is 333 g/mol. The zero-order chi connectivity index (χ0) is 18.7. The van der Waals surface area contributed by atoms with Crippen LogP contribution in [-0.4, -0.2) is 45.8 Å². The number of aryl methyl sites for hydroxylation is 1. The molecule has 0 aliphatic rings. The van der Waals surface area contributed by atoms with Crippen molar-refractivity contribution in [2.45, 2.75) is 6.04 Å². The highest BCUT2D eigenvalue weighted by molar-refractivity contribution is 5.97. The summed E-state index contributed by atoms with van der Waals surface area (Å²) in [6, 6.07) is 10.1. The lowest BCUT2D eigenvalue weighted by molar-refractivity contribution is 0.0942. The smallest absolute Gasteiger partial charge is 0.256 e. The topological polar surface area (TPSA) is 55.1 Å². The second-order valence-electron chi connectivity index (χ2n) is 6.34. The van der Waals surface area contributed by atoms with Gasteiger partial charge in [-0.25, -0.2) is 4.39 Å². The maximum atomic E-state index is 13.5. The van der Waals surface area contributed by atoms with Gasteiger partial charge in [0, 0.05) is 26.0 Å². The van der Waals surface area contributed by atoms with Gasteiger partial charge in [0.05, 0.1) is 12.2 Å². The van der Waals surface area contributed by atoms with Gasteiger partial charge in [-0.15, -0.1) is 0 Å². The summed E-state index contributed by atoms with van der Waals surface area (Å²) in [5.41, 5.74) is 1.30. The van der Waals surface area contributed by atoms with Gasteiger partial charge in [0.2, 0.25) is 0 Å². The Morgan fingerprint density at radius 2 is 2.00 bits per heavy atom. The van der Waals surface area contributed by atoms with Crippen LogP contribution in [0.3, 0.4) is 0 Å². The Morgan fingerprint density at radius 3 is 2.65 bits per heavy atom. The van der Waals surface area contributed by atoms with Crippen LogP contribution in [0.25, 0.3) is 5.82 Å². The molecule has 1 atom stereocenters. The molecule has 2 heterocycles. The lowest BCUT2D eigenvalue weighted by Crippen LogP contribution is -2.34. The standard InChI is InChI=1S/C19H22FN5O/c1-23(2)17(14-7-6-8-15(20)11-14)13-21-18(26)16-12-22-24(3)19(16)25-9-4-5-10-25/h4-12,17H,13H2,1-3H3,(H,21,26)/t17-/m1/s1. The minimum atomic E-state index is -0.289. The third-order valence-electron chi connectivity index (χ3n) is 4.31. The summed E-state index contributed by atoms with van der Waals surface area (Å²) in [7, 11) is 5.59. The average Bonchev–Trinajstić information content (AvgIpc) is 3.23. The summed E-state index contributed by atoms with van der Waals surface area (Å²) in [5.74, 6) is 0.188. The van der Waals surface area contributed by atoms with Crippen molar-refractivity contribution in [2.75, 3.05) is 20.6 Å². The van der Waals surface area contributed by atoms with Crippen LogP contribution in [0.2, 0.25) is 0 Å². The summed E-state index contributed by atoms with van der Waals surface area (Å²) in [6.07, 6.45) is 5.28. The first kappa shape index (κ1) is 17.9. The molecule has 0 unspecified atom stereocenters. The zero-order valence-corrected chi connectivity index (χ0v) is 15.1. The molecule has 0 saturated heterocycles. The lowest BCUT2D eigenvalue weighted by atomic mass is 10.1. The monoisotopic (exact) mass is 355 g/mol. The minimum absolute atomic E-state index is 0.138. The average molecular weight is 355 g/mol. The van der Waals surface area contributed by atoms with E-state index in [1.165, 1.54) is 12.1 Å². The normalized spacial score (nSPS) is 12.3. The first-order valence-corrected chi connectivity index (χ1v) is 8.33. The number of hydrogen-bond acceptors (Lipinski definition) is 3. The summed E-state index contributed by atoms with van der Waals surface area (Å²) >= 11 is 0. The van der Waals surface area contributed by atoms with Gasteiger partial charge in [-0.05, 0) is 43.9 Å². The minimum Gasteiger partial charge on any atom is -0.350 e. The highest BCUT2D eigenvalue weighted by atomic mass is 19.1. The Bertz CT molecular complexity index is 885. The van der Waals surface area contributed by atoms with Crippen LogP contribution < -0.4 is 5.32 Å². The van der Waals surface area contributed by atoms with E-state index in [2.05, 4.69) is 10.4 Å². The fourth-order valence-corrected chi connectivity index (χ4v) is 2.97. The van der Waals surface area contributed by atoms with Crippen LogP contribution in [0.4, 0.5) is 4.39 Å². The van der Waals surface area contributed by atoms with E-state index < -0.39 is 0 Å². The van der Waals surface area contributed by atoms with Crippen molar-refractivity contribution in [1.82, 2.24) is 24.6 Å². The van der Waals surface area contributed by atoms with E-state index in [1.807, 2.05) is 54.2 Å². The Kier molecular flexibility index (Phi) is 5.18. The molecule has 3 aromatic rings. The van der Waals surface area contributed by atoms with Crippen molar-refractivity contribution in [2.24, 2.45) is 7.05 Å². The number of halogens is 1. The number of rotatable bonds is 6. The molecule has 136 valence electrons. The summed E-state index contributed by atoms with van der Waals surface area (Å²) < 4.78 is 17.1. The molecule has 1 N–H and O–H groups in total. The van der Waals surface area contributed by atoms with Gasteiger partial charge in [-0.3, -0.25) is 9.48 Å². The first-order valence-electron chi connectivity index (χ1n) is 8.33. The van der Waals surface area contributed by atoms with Crippen LogP contribution >= 0.6 is 0 Å². The molecule has 2 aromatic heterocycles. The van der Waals surface area contributed by atoms with Crippen LogP contribution in [0.1, 0.15) is 22.0 Å². The van der Waals surface area contributed by atoms with Gasteiger partial charge >= 0.3 is 0 Å². The molecule has 0 bridgehead atoms. The quantitative estimate of drug-likeness (QED) is 0.739. The molecule has 26 heavy (non-hydrogen) atoms. The SMILES string of the molecule is CN(C)[C@H](CNC(=O)c1cnn(C)c1-n1cccc1)c1cccc(F)c1. The number of carbonyl (C=O) groups is 1. The number of likely N-dealkylation sites (N-methyl/N-ethyl adjacent to an activating group) is 1. The number of carbonyl (C=O) groups excluding carboxylic acids is 1. The van der Waals surface area contributed by atoms with E-state index >= 15 is 0 Å². The lowest BCUT2D eigenvalue weighted by Gasteiger charge is -2.25. The van der Waals surface area contributed by atoms with Crippen molar-refractivity contribution in [1.29, 1.82) is 0 Å². The first-order chi connectivity index (χ1) is 12.5. The van der Waals surface area contributed by atoms with E-state index in [9.17, 15) is 9.18 Å². The van der Waals surface area contributed by atoms with Crippen molar-refractivity contribution >= 4 is 5.91 Å². The summed E-state index contributed by atoms with van der Waals surface area (Å²) in [4.78, 5) is 14.7. The number of aromatic nitrogens is 3. The van der Waals surface area contributed by atoms with E-state index in [1.54, 1.807) is 24.0 Å². The maximum Gasteiger partial charge on any atom is 0.256 e. The van der Waals surface area contributed by atoms with Gasteiger partial charge < -0.3 is 14.8 Å². The number of nitrogens with zero attached hydrogens (tertiary/aromatic N) is 4. The molecule has 0 spiro atoms. The predicted octanol–water partition coefficient (Wildman–Crippen LogP) is 2.38. The number of benzene rings is 1. The number of amides is 1. The second-order valence-corrected chi connectivity index (χ2v) is 6.34. The fraction of sp³-hybridized carbons (Fsp3) is 0.263. The number of hydrogen-bond donors (Lipinski definition) is 1. The molecule has 0 fully saturated rings. The zero-order valence-electron chi connectivity index (χ0n) is 15.1. The van der Waals surface area contributed by atoms with Gasteiger partial charge in [-0.1, -0.05) is 12.1 Å². The molecule has 0 aliphatic carbocycles. The fourth-order valence-electron chi connectivity index (χ4n) is 2.97. The molecule has 7 heteroatoms. The Hall–Kier alpha value is -2.93. The Balaban J connectivity index is 1.78. The van der Waals surface area contributed by atoms with E-state index in [-0.39, 0.29) is 17.8 Å². The molecule has 1 amide bonds. The van der Waals surface area contributed by atoms with E-state index in [0.717, 1.165) is 5.56 Å². The third kappa shape index (κ3) is 3.67. The van der Waals surface area contributed by atoms with Gasteiger partial charge in [0.1, 0.15) is 17.2 Å². The van der Waals surface area contributed by atoms with Crippen LogP contribution in [0.5, 0.6) is 0 Å². The van der Waals surface area contributed by atoms with Gasteiger partial charge in [0.25, 0.3) is 5.91 Å². The van der Waals surface area contributed by atoms with Crippen molar-refractivity contribution in [3.05, 3.63) is 71.9 Å². The summed E-state index contributed by atoms with van der Waals surface area (Å²) in [6.45, 7) is 0.356. The second kappa shape index (κ2) is 7.53. The molecule has 3 rings (SSSR count). The van der Waals surface area contributed by atoms with Crippen molar-refractivity contribution < 1.29 is 9.18 Å². The molecular formula is C19H22FN5O. The van der Waals surface area contributed by atoms with Gasteiger partial charge in [-0.2, -0.15) is 5.10 Å². The highest BCUT2D eigenvalue weighted by Crippen LogP contribution is 2.19. The molecule has 0 aliphatic heterocycles. The van der Waals surface area contributed by atoms with Crippen molar-refractivity contribution in [3.63, 3.8) is 0 Å². The maximum absolute atomic E-state index is 13.5. The van der Waals surface area contributed by atoms with E-state index in [4.69, 9.17) is 0 Å². The van der Waals surface area contributed by atoms with Crippen LogP contribution in [-0.2, 0) is 7.05 Å². The largest absolute Gasteiger partial charge is 0.350 e. The molecule has 1 aromatic carbocycles. The molecule has 0 saturated carbocycles. The van der Waals surface area contributed by atoms with Crippen LogP contribution in [0, 0.1) is 5.82 Å². The molecule has 0 radical (unpaired) electrons. The van der Waals surface area contributed by atoms with E-state index in [0.29, 0.717) is 17.9 Å². The summed E-state index contributed by atoms with van der Waals surface area (Å²) in [5, 5.41) is 7.14. The Labute approximate surface area is 151 Å². The van der Waals surface area contributed by atoms with Crippen LogP contribution in [0.15, 0.2) is 55.0 Å². The highest BCUT2D eigenvalue weighted by Gasteiger charge is 2.20. The Morgan fingerprint density at radius 1 is 1.27 bits per heavy atom. The predicted molar refractivity (Wildman–Crippen MR) is 97.7 cm³/mol. The van der Waals surface area contributed by atoms with Gasteiger partial charge in [0.15, 0.2) is 0 Å². The van der Waals surface area contributed by atoms with Crippen molar-refractivity contribution in [3.8, 4) is 5.82 Å². The number of nitrogens with one attached hydrogen (secondary N) is 1. The molecule has 6 nitrogen and oxygen atoms in total.